The van der Waals surface area contributed by atoms with Gasteiger partial charge in [0.2, 0.25) is 11.8 Å². The molecule has 2 aliphatic rings. The lowest BCUT2D eigenvalue weighted by atomic mass is 9.88. The summed E-state index contributed by atoms with van der Waals surface area (Å²) in [7, 11) is 0. The van der Waals surface area contributed by atoms with Crippen molar-refractivity contribution in [2.24, 2.45) is 5.92 Å². The van der Waals surface area contributed by atoms with Crippen LogP contribution in [-0.2, 0) is 14.3 Å². The lowest BCUT2D eigenvalue weighted by Gasteiger charge is -2.34. The van der Waals surface area contributed by atoms with E-state index < -0.39 is 0 Å². The van der Waals surface area contributed by atoms with E-state index in [-0.39, 0.29) is 23.7 Å². The molecule has 0 aliphatic carbocycles. The molecule has 2 unspecified atom stereocenters. The molecule has 2 heterocycles. The smallest absolute Gasteiger partial charge is 0.248 e. The minimum absolute atomic E-state index is 0.00380. The van der Waals surface area contributed by atoms with E-state index in [1.807, 2.05) is 48.5 Å². The van der Waals surface area contributed by atoms with Crippen LogP contribution in [0.2, 0.25) is 5.02 Å². The fourth-order valence-electron chi connectivity index (χ4n) is 4.75. The van der Waals surface area contributed by atoms with Gasteiger partial charge in [-0.3, -0.25) is 14.5 Å². The SMILES string of the molecule is Nc1ccccc1NC(=O)/C=C/c1ccc(C2CN(C3COC3)CC2C(=O)Nc2ccc(Cl)cc2)cc1. The number of carbonyl (C=O) groups is 2. The summed E-state index contributed by atoms with van der Waals surface area (Å²) in [5, 5.41) is 6.47. The van der Waals surface area contributed by atoms with Crippen molar-refractivity contribution >= 4 is 46.6 Å². The highest BCUT2D eigenvalue weighted by molar-refractivity contribution is 6.30. The lowest BCUT2D eigenvalue weighted by molar-refractivity contribution is -0.120. The molecule has 2 saturated heterocycles. The molecule has 2 fully saturated rings. The van der Waals surface area contributed by atoms with E-state index in [9.17, 15) is 9.59 Å². The first-order chi connectivity index (χ1) is 18.0. The second-order valence-corrected chi connectivity index (χ2v) is 9.87. The predicted octanol–water partition coefficient (Wildman–Crippen LogP) is 4.63. The summed E-state index contributed by atoms with van der Waals surface area (Å²) in [6.45, 7) is 2.89. The van der Waals surface area contributed by atoms with Crippen LogP contribution in [0.1, 0.15) is 17.0 Å². The third kappa shape index (κ3) is 6.02. The van der Waals surface area contributed by atoms with Crippen LogP contribution < -0.4 is 16.4 Å². The zero-order valence-electron chi connectivity index (χ0n) is 20.3. The molecule has 190 valence electrons. The topological polar surface area (TPSA) is 96.7 Å². The van der Waals surface area contributed by atoms with E-state index in [1.165, 1.54) is 6.08 Å². The number of hydrogen-bond donors (Lipinski definition) is 3. The number of nitrogen functional groups attached to an aromatic ring is 1. The van der Waals surface area contributed by atoms with E-state index in [0.717, 1.165) is 23.4 Å². The number of nitrogens with two attached hydrogens (primary N) is 1. The summed E-state index contributed by atoms with van der Waals surface area (Å²) in [6, 6.07) is 22.7. The van der Waals surface area contributed by atoms with Gasteiger partial charge in [0.25, 0.3) is 0 Å². The minimum Gasteiger partial charge on any atom is -0.397 e. The molecule has 5 rings (SSSR count). The second kappa shape index (κ2) is 11.2. The van der Waals surface area contributed by atoms with E-state index in [4.69, 9.17) is 22.1 Å². The molecule has 3 aromatic rings. The highest BCUT2D eigenvalue weighted by Gasteiger charge is 2.42. The van der Waals surface area contributed by atoms with Crippen LogP contribution in [0.15, 0.2) is 78.9 Å². The van der Waals surface area contributed by atoms with E-state index >= 15 is 0 Å². The lowest BCUT2D eigenvalue weighted by Crippen LogP contribution is -2.48. The molecule has 37 heavy (non-hydrogen) atoms. The van der Waals surface area contributed by atoms with E-state index in [2.05, 4.69) is 15.5 Å². The number of anilines is 3. The summed E-state index contributed by atoms with van der Waals surface area (Å²) in [5.41, 5.74) is 9.71. The van der Waals surface area contributed by atoms with Gasteiger partial charge in [0.1, 0.15) is 0 Å². The van der Waals surface area contributed by atoms with Crippen LogP contribution in [0.3, 0.4) is 0 Å². The summed E-state index contributed by atoms with van der Waals surface area (Å²) < 4.78 is 5.39. The molecule has 2 aliphatic heterocycles. The van der Waals surface area contributed by atoms with Crippen molar-refractivity contribution in [3.63, 3.8) is 0 Å². The highest BCUT2D eigenvalue weighted by Crippen LogP contribution is 2.36. The quantitative estimate of drug-likeness (QED) is 0.314. The van der Waals surface area contributed by atoms with Crippen LogP contribution in [0.4, 0.5) is 17.1 Å². The summed E-state index contributed by atoms with van der Waals surface area (Å²) in [4.78, 5) is 28.0. The Bertz CT molecular complexity index is 1290. The number of rotatable bonds is 7. The number of nitrogens with zero attached hydrogens (tertiary/aromatic N) is 1. The number of amides is 2. The zero-order chi connectivity index (χ0) is 25.8. The normalized spacial score (nSPS) is 20.0. The maximum Gasteiger partial charge on any atom is 0.248 e. The second-order valence-electron chi connectivity index (χ2n) is 9.43. The number of ether oxygens (including phenoxy) is 1. The number of benzene rings is 3. The number of carbonyl (C=O) groups excluding carboxylic acids is 2. The van der Waals surface area contributed by atoms with E-state index in [1.54, 1.807) is 30.3 Å². The number of nitrogens with one attached hydrogen (secondary N) is 2. The van der Waals surface area contributed by atoms with Crippen LogP contribution in [0.5, 0.6) is 0 Å². The average Bonchev–Trinajstić information content (AvgIpc) is 3.29. The molecular weight excluding hydrogens is 488 g/mol. The maximum absolute atomic E-state index is 13.3. The summed E-state index contributed by atoms with van der Waals surface area (Å²) in [6.07, 6.45) is 3.24. The third-order valence-electron chi connectivity index (χ3n) is 6.94. The molecule has 0 spiro atoms. The van der Waals surface area contributed by atoms with Gasteiger partial charge in [-0.1, -0.05) is 48.0 Å². The van der Waals surface area contributed by atoms with Crippen LogP contribution in [0, 0.1) is 5.92 Å². The predicted molar refractivity (Wildman–Crippen MR) is 147 cm³/mol. The van der Waals surface area contributed by atoms with Gasteiger partial charge in [-0.25, -0.2) is 0 Å². The fourth-order valence-corrected chi connectivity index (χ4v) is 4.88. The largest absolute Gasteiger partial charge is 0.397 e. The molecule has 7 nitrogen and oxygen atoms in total. The standard InChI is InChI=1S/C29H29ClN4O3/c30-21-10-12-22(13-11-21)32-29(36)25-16-34(23-17-37-18-23)15-24(25)20-8-5-19(6-9-20)7-14-28(35)33-27-4-2-1-3-26(27)31/h1-14,23-25H,15-18,31H2,(H,32,36)(H,33,35)/b14-7+. The van der Waals surface area contributed by atoms with Gasteiger partial charge < -0.3 is 21.1 Å². The molecule has 4 N–H and O–H groups in total. The van der Waals surface area contributed by atoms with Crippen LogP contribution >= 0.6 is 11.6 Å². The number of likely N-dealkylation sites (tertiary alicyclic amines) is 1. The first kappa shape index (κ1) is 25.0. The Labute approximate surface area is 221 Å². The molecule has 0 bridgehead atoms. The maximum atomic E-state index is 13.3. The van der Waals surface area contributed by atoms with Crippen molar-refractivity contribution in [2.75, 3.05) is 42.7 Å². The minimum atomic E-state index is -0.255. The Morgan fingerprint density at radius 3 is 2.35 bits per heavy atom. The van der Waals surface area contributed by atoms with Gasteiger partial charge in [0.15, 0.2) is 0 Å². The van der Waals surface area contributed by atoms with Crippen molar-refractivity contribution in [1.29, 1.82) is 0 Å². The number of para-hydroxylation sites is 2. The Morgan fingerprint density at radius 1 is 0.946 bits per heavy atom. The van der Waals surface area contributed by atoms with Gasteiger partial charge in [-0.2, -0.15) is 0 Å². The summed E-state index contributed by atoms with van der Waals surface area (Å²) >= 11 is 5.99. The molecule has 0 radical (unpaired) electrons. The Balaban J connectivity index is 1.27. The monoisotopic (exact) mass is 516 g/mol. The Hall–Kier alpha value is -3.65. The van der Waals surface area contributed by atoms with E-state index in [0.29, 0.717) is 42.2 Å². The molecule has 2 amide bonds. The number of hydrogen-bond acceptors (Lipinski definition) is 5. The summed E-state index contributed by atoms with van der Waals surface area (Å²) in [5.74, 6) is -0.402. The van der Waals surface area contributed by atoms with Gasteiger partial charge in [-0.05, 0) is 53.6 Å². The van der Waals surface area contributed by atoms with Crippen molar-refractivity contribution in [1.82, 2.24) is 4.90 Å². The van der Waals surface area contributed by atoms with Gasteiger partial charge >= 0.3 is 0 Å². The number of halogens is 1. The first-order valence-corrected chi connectivity index (χ1v) is 12.7. The molecular formula is C29H29ClN4O3. The zero-order valence-corrected chi connectivity index (χ0v) is 21.0. The average molecular weight is 517 g/mol. The third-order valence-corrected chi connectivity index (χ3v) is 7.20. The van der Waals surface area contributed by atoms with Crippen molar-refractivity contribution < 1.29 is 14.3 Å². The Morgan fingerprint density at radius 2 is 1.68 bits per heavy atom. The highest BCUT2D eigenvalue weighted by atomic mass is 35.5. The van der Waals surface area contributed by atoms with Gasteiger partial charge in [-0.15, -0.1) is 0 Å². The van der Waals surface area contributed by atoms with Crippen LogP contribution in [-0.4, -0.2) is 49.1 Å². The molecule has 3 aromatic carbocycles. The molecule has 2 atom stereocenters. The van der Waals surface area contributed by atoms with Crippen LogP contribution in [0.25, 0.3) is 6.08 Å². The Kier molecular flexibility index (Phi) is 7.55. The fraction of sp³-hybridized carbons (Fsp3) is 0.241. The van der Waals surface area contributed by atoms with Crippen molar-refractivity contribution in [3.8, 4) is 0 Å². The van der Waals surface area contributed by atoms with Gasteiger partial charge in [0, 0.05) is 35.8 Å². The van der Waals surface area contributed by atoms with Crippen molar-refractivity contribution in [2.45, 2.75) is 12.0 Å². The molecule has 0 aromatic heterocycles. The van der Waals surface area contributed by atoms with Gasteiger partial charge in [0.05, 0.1) is 36.5 Å². The molecule has 8 heteroatoms. The molecule has 0 saturated carbocycles. The van der Waals surface area contributed by atoms with Crippen molar-refractivity contribution in [3.05, 3.63) is 95.0 Å². The first-order valence-electron chi connectivity index (χ1n) is 12.3.